The van der Waals surface area contributed by atoms with Crippen molar-refractivity contribution >= 4 is 23.1 Å². The van der Waals surface area contributed by atoms with E-state index in [0.29, 0.717) is 23.7 Å². The second kappa shape index (κ2) is 9.89. The van der Waals surface area contributed by atoms with E-state index in [-0.39, 0.29) is 18.6 Å². The van der Waals surface area contributed by atoms with Crippen molar-refractivity contribution in [2.45, 2.75) is 32.5 Å². The van der Waals surface area contributed by atoms with Crippen molar-refractivity contribution in [1.29, 1.82) is 0 Å². The standard InChI is InChI=1S/C23H22O5S/c1-16(24)20-8-7-19(27-14-17-11-12-29-15-17)13-22(20)28-21(9-10-23(25)26)18-5-3-2-4-6-18/h2-8,11-13,15,21H,9-10,14H2,1H3,(H,25,26). The first-order chi connectivity index (χ1) is 14.0. The summed E-state index contributed by atoms with van der Waals surface area (Å²) in [5.41, 5.74) is 2.36. The van der Waals surface area contributed by atoms with Gasteiger partial charge in [-0.05, 0) is 53.4 Å². The first-order valence-electron chi connectivity index (χ1n) is 9.25. The van der Waals surface area contributed by atoms with Gasteiger partial charge in [0, 0.05) is 12.5 Å². The van der Waals surface area contributed by atoms with Gasteiger partial charge in [0.05, 0.1) is 5.56 Å². The van der Waals surface area contributed by atoms with Crippen LogP contribution in [0.2, 0.25) is 0 Å². The summed E-state index contributed by atoms with van der Waals surface area (Å²) in [6, 6.07) is 16.5. The number of benzene rings is 2. The second-order valence-electron chi connectivity index (χ2n) is 6.58. The van der Waals surface area contributed by atoms with Crippen LogP contribution in [0.1, 0.15) is 47.4 Å². The predicted molar refractivity (Wildman–Crippen MR) is 112 cm³/mol. The highest BCUT2D eigenvalue weighted by molar-refractivity contribution is 7.07. The van der Waals surface area contributed by atoms with Crippen molar-refractivity contribution in [3.05, 3.63) is 82.0 Å². The van der Waals surface area contributed by atoms with E-state index in [2.05, 4.69) is 0 Å². The van der Waals surface area contributed by atoms with Crippen LogP contribution in [0, 0.1) is 0 Å². The molecule has 1 heterocycles. The van der Waals surface area contributed by atoms with Crippen LogP contribution in [-0.4, -0.2) is 16.9 Å². The fourth-order valence-electron chi connectivity index (χ4n) is 2.89. The molecule has 0 spiro atoms. The molecular weight excluding hydrogens is 388 g/mol. The summed E-state index contributed by atoms with van der Waals surface area (Å²) in [5, 5.41) is 13.1. The van der Waals surface area contributed by atoms with Gasteiger partial charge in [0.25, 0.3) is 0 Å². The zero-order valence-corrected chi connectivity index (χ0v) is 16.9. The Morgan fingerprint density at radius 2 is 1.90 bits per heavy atom. The van der Waals surface area contributed by atoms with Gasteiger partial charge in [-0.1, -0.05) is 30.3 Å². The fraction of sp³-hybridized carbons (Fsp3) is 0.217. The molecule has 2 aromatic carbocycles. The Balaban J connectivity index is 1.85. The first kappa shape index (κ1) is 20.6. The third-order valence-corrected chi connectivity index (χ3v) is 5.11. The van der Waals surface area contributed by atoms with E-state index >= 15 is 0 Å². The maximum Gasteiger partial charge on any atom is 0.303 e. The van der Waals surface area contributed by atoms with Crippen molar-refractivity contribution in [3.8, 4) is 11.5 Å². The second-order valence-corrected chi connectivity index (χ2v) is 7.36. The van der Waals surface area contributed by atoms with Gasteiger partial charge in [0.15, 0.2) is 5.78 Å². The summed E-state index contributed by atoms with van der Waals surface area (Å²) in [4.78, 5) is 23.2. The number of aliphatic carboxylic acids is 1. The number of hydrogen-bond donors (Lipinski definition) is 1. The van der Waals surface area contributed by atoms with Crippen LogP contribution in [0.5, 0.6) is 11.5 Å². The number of carboxylic acid groups (broad SMARTS) is 1. The van der Waals surface area contributed by atoms with Gasteiger partial charge in [0.2, 0.25) is 0 Å². The molecule has 0 fully saturated rings. The van der Waals surface area contributed by atoms with E-state index in [0.717, 1.165) is 11.1 Å². The average molecular weight is 410 g/mol. The molecule has 0 aliphatic heterocycles. The van der Waals surface area contributed by atoms with Gasteiger partial charge in [0.1, 0.15) is 24.2 Å². The van der Waals surface area contributed by atoms with Gasteiger partial charge in [-0.15, -0.1) is 0 Å². The Kier molecular flexibility index (Phi) is 7.03. The van der Waals surface area contributed by atoms with E-state index in [1.165, 1.54) is 6.92 Å². The molecule has 1 unspecified atom stereocenters. The Hall–Kier alpha value is -3.12. The molecule has 0 radical (unpaired) electrons. The van der Waals surface area contributed by atoms with Gasteiger partial charge in [-0.25, -0.2) is 0 Å². The van der Waals surface area contributed by atoms with Gasteiger partial charge in [-0.3, -0.25) is 9.59 Å². The molecule has 1 atom stereocenters. The van der Waals surface area contributed by atoms with Crippen LogP contribution in [0.4, 0.5) is 0 Å². The number of carboxylic acids is 1. The van der Waals surface area contributed by atoms with E-state index < -0.39 is 12.1 Å². The summed E-state index contributed by atoms with van der Waals surface area (Å²) in [6.07, 6.45) is -0.238. The lowest BCUT2D eigenvalue weighted by molar-refractivity contribution is -0.137. The molecule has 0 bridgehead atoms. The molecule has 1 N–H and O–H groups in total. The molecule has 29 heavy (non-hydrogen) atoms. The van der Waals surface area contributed by atoms with Gasteiger partial charge < -0.3 is 14.6 Å². The van der Waals surface area contributed by atoms with Crippen molar-refractivity contribution in [2.75, 3.05) is 0 Å². The summed E-state index contributed by atoms with van der Waals surface area (Å²) >= 11 is 1.60. The van der Waals surface area contributed by atoms with Crippen LogP contribution in [0.25, 0.3) is 0 Å². The Bertz CT molecular complexity index is 951. The number of carbonyl (C=O) groups is 2. The quantitative estimate of drug-likeness (QED) is 0.446. The maximum absolute atomic E-state index is 12.1. The number of ketones is 1. The zero-order valence-electron chi connectivity index (χ0n) is 16.0. The highest BCUT2D eigenvalue weighted by Crippen LogP contribution is 2.32. The minimum atomic E-state index is -0.894. The number of rotatable bonds is 10. The normalized spacial score (nSPS) is 11.6. The average Bonchev–Trinajstić information content (AvgIpc) is 3.23. The minimum Gasteiger partial charge on any atom is -0.489 e. The SMILES string of the molecule is CC(=O)c1ccc(OCc2ccsc2)cc1OC(CCC(=O)O)c1ccccc1. The summed E-state index contributed by atoms with van der Waals surface area (Å²) in [7, 11) is 0. The van der Waals surface area contributed by atoms with E-state index in [1.54, 1.807) is 29.5 Å². The maximum atomic E-state index is 12.1. The number of thiophene rings is 1. The Morgan fingerprint density at radius 1 is 1.10 bits per heavy atom. The topological polar surface area (TPSA) is 72.8 Å². The molecule has 0 saturated carbocycles. The van der Waals surface area contributed by atoms with Crippen LogP contribution < -0.4 is 9.47 Å². The highest BCUT2D eigenvalue weighted by atomic mass is 32.1. The monoisotopic (exact) mass is 410 g/mol. The molecule has 5 nitrogen and oxygen atoms in total. The Labute approximate surface area is 173 Å². The number of hydrogen-bond acceptors (Lipinski definition) is 5. The van der Waals surface area contributed by atoms with Crippen molar-refractivity contribution in [2.24, 2.45) is 0 Å². The number of Topliss-reactive ketones (excluding diaryl/α,β-unsaturated/α-hetero) is 1. The molecule has 0 saturated heterocycles. The van der Waals surface area contributed by atoms with Crippen LogP contribution >= 0.6 is 11.3 Å². The van der Waals surface area contributed by atoms with E-state index in [4.69, 9.17) is 14.6 Å². The van der Waals surface area contributed by atoms with Crippen LogP contribution in [0.15, 0.2) is 65.4 Å². The largest absolute Gasteiger partial charge is 0.489 e. The molecule has 150 valence electrons. The number of carbonyl (C=O) groups excluding carboxylic acids is 1. The lowest BCUT2D eigenvalue weighted by atomic mass is 10.0. The van der Waals surface area contributed by atoms with Gasteiger partial charge >= 0.3 is 5.97 Å². The van der Waals surface area contributed by atoms with E-state index in [1.807, 2.05) is 47.2 Å². The molecule has 3 rings (SSSR count). The molecular formula is C23H22O5S. The fourth-order valence-corrected chi connectivity index (χ4v) is 3.54. The molecule has 1 aromatic heterocycles. The smallest absolute Gasteiger partial charge is 0.303 e. The van der Waals surface area contributed by atoms with Crippen LogP contribution in [0.3, 0.4) is 0 Å². The minimum absolute atomic E-state index is 0.0384. The predicted octanol–water partition coefficient (Wildman–Crippen LogP) is 5.51. The number of ether oxygens (including phenoxy) is 2. The van der Waals surface area contributed by atoms with E-state index in [9.17, 15) is 9.59 Å². The van der Waals surface area contributed by atoms with Crippen molar-refractivity contribution in [1.82, 2.24) is 0 Å². The third kappa shape index (κ3) is 5.93. The molecule has 0 aliphatic rings. The summed E-state index contributed by atoms with van der Waals surface area (Å²) in [6.45, 7) is 1.90. The molecule has 0 amide bonds. The Morgan fingerprint density at radius 3 is 2.55 bits per heavy atom. The first-order valence-corrected chi connectivity index (χ1v) is 10.2. The molecule has 0 aliphatic carbocycles. The van der Waals surface area contributed by atoms with Crippen molar-refractivity contribution in [3.63, 3.8) is 0 Å². The lowest BCUT2D eigenvalue weighted by Crippen LogP contribution is -2.12. The highest BCUT2D eigenvalue weighted by Gasteiger charge is 2.19. The van der Waals surface area contributed by atoms with Crippen LogP contribution in [-0.2, 0) is 11.4 Å². The van der Waals surface area contributed by atoms with Crippen molar-refractivity contribution < 1.29 is 24.2 Å². The lowest BCUT2D eigenvalue weighted by Gasteiger charge is -2.21. The summed E-state index contributed by atoms with van der Waals surface area (Å²) in [5.74, 6) is -0.0515. The molecule has 6 heteroatoms. The molecule has 3 aromatic rings. The third-order valence-electron chi connectivity index (χ3n) is 4.38. The summed E-state index contributed by atoms with van der Waals surface area (Å²) < 4.78 is 12.0. The van der Waals surface area contributed by atoms with Gasteiger partial charge in [-0.2, -0.15) is 11.3 Å². The zero-order chi connectivity index (χ0) is 20.6.